The standard InChI is InChI=1S/C12H13Cl2N/c1-3-4-9-7(2)15-11-6-8(13)5-10(14)12(9)11/h5-6,15H,3-4H2,1-2H3. The number of aromatic nitrogens is 1. The Bertz CT molecular complexity index is 500. The Morgan fingerprint density at radius 2 is 2.00 bits per heavy atom. The molecule has 0 unspecified atom stereocenters. The SMILES string of the molecule is CCCc1c(C)[nH]c2cc(Cl)cc(Cl)c12. The van der Waals surface area contributed by atoms with E-state index in [-0.39, 0.29) is 0 Å². The van der Waals surface area contributed by atoms with Crippen molar-refractivity contribution in [2.45, 2.75) is 26.7 Å². The fourth-order valence-corrected chi connectivity index (χ4v) is 2.61. The molecule has 1 N–H and O–H groups in total. The van der Waals surface area contributed by atoms with Crippen molar-refractivity contribution in [1.82, 2.24) is 4.98 Å². The summed E-state index contributed by atoms with van der Waals surface area (Å²) in [5.41, 5.74) is 3.54. The molecule has 3 heteroatoms. The molecule has 0 atom stereocenters. The lowest BCUT2D eigenvalue weighted by molar-refractivity contribution is 0.918. The molecule has 1 nitrogen and oxygen atoms in total. The van der Waals surface area contributed by atoms with E-state index in [0.717, 1.165) is 28.8 Å². The maximum absolute atomic E-state index is 6.21. The maximum atomic E-state index is 6.21. The van der Waals surface area contributed by atoms with Gasteiger partial charge in [-0.15, -0.1) is 0 Å². The van der Waals surface area contributed by atoms with Crippen molar-refractivity contribution in [2.75, 3.05) is 0 Å². The van der Waals surface area contributed by atoms with Gasteiger partial charge in [-0.05, 0) is 31.0 Å². The third kappa shape index (κ3) is 1.86. The second kappa shape index (κ2) is 4.07. The van der Waals surface area contributed by atoms with Crippen LogP contribution in [0.2, 0.25) is 10.0 Å². The van der Waals surface area contributed by atoms with Gasteiger partial charge in [0.25, 0.3) is 0 Å². The third-order valence-corrected chi connectivity index (χ3v) is 3.15. The van der Waals surface area contributed by atoms with Gasteiger partial charge in [-0.25, -0.2) is 0 Å². The van der Waals surface area contributed by atoms with E-state index >= 15 is 0 Å². The first-order valence-corrected chi connectivity index (χ1v) is 5.85. The molecule has 1 aromatic heterocycles. The Balaban J connectivity index is 2.75. The maximum Gasteiger partial charge on any atom is 0.0517 e. The van der Waals surface area contributed by atoms with Gasteiger partial charge >= 0.3 is 0 Å². The molecule has 0 amide bonds. The summed E-state index contributed by atoms with van der Waals surface area (Å²) in [6.07, 6.45) is 2.17. The quantitative estimate of drug-likeness (QED) is 0.783. The molecule has 2 rings (SSSR count). The second-order valence-corrected chi connectivity index (χ2v) is 4.63. The summed E-state index contributed by atoms with van der Waals surface area (Å²) in [6, 6.07) is 3.73. The highest BCUT2D eigenvalue weighted by Crippen LogP contribution is 2.32. The first kappa shape index (κ1) is 10.8. The van der Waals surface area contributed by atoms with Crippen LogP contribution in [0, 0.1) is 6.92 Å². The molecule has 0 bridgehead atoms. The van der Waals surface area contributed by atoms with Gasteiger partial charge in [-0.3, -0.25) is 0 Å². The van der Waals surface area contributed by atoms with Crippen LogP contribution in [0.25, 0.3) is 10.9 Å². The lowest BCUT2D eigenvalue weighted by Crippen LogP contribution is -1.84. The van der Waals surface area contributed by atoms with Crippen molar-refractivity contribution >= 4 is 34.1 Å². The fourth-order valence-electron chi connectivity index (χ4n) is 2.01. The highest BCUT2D eigenvalue weighted by molar-refractivity contribution is 6.38. The summed E-state index contributed by atoms with van der Waals surface area (Å²) in [5, 5.41) is 2.54. The molecular weight excluding hydrogens is 229 g/mol. The smallest absolute Gasteiger partial charge is 0.0517 e. The van der Waals surface area contributed by atoms with Crippen LogP contribution in [0.5, 0.6) is 0 Å². The zero-order valence-corrected chi connectivity index (χ0v) is 10.3. The predicted molar refractivity (Wildman–Crippen MR) is 67.1 cm³/mol. The largest absolute Gasteiger partial charge is 0.358 e. The Hall–Kier alpha value is -0.660. The number of hydrogen-bond donors (Lipinski definition) is 1. The minimum absolute atomic E-state index is 0.678. The number of fused-ring (bicyclic) bond motifs is 1. The molecule has 0 saturated carbocycles. The van der Waals surface area contributed by atoms with Crippen molar-refractivity contribution in [2.24, 2.45) is 0 Å². The molecule has 80 valence electrons. The van der Waals surface area contributed by atoms with Gasteiger partial charge in [-0.2, -0.15) is 0 Å². The first-order chi connectivity index (χ1) is 7.13. The topological polar surface area (TPSA) is 15.8 Å². The molecule has 1 heterocycles. The average molecular weight is 242 g/mol. The van der Waals surface area contributed by atoms with Crippen LogP contribution in [0.15, 0.2) is 12.1 Å². The lowest BCUT2D eigenvalue weighted by atomic mass is 10.1. The van der Waals surface area contributed by atoms with Gasteiger partial charge in [0.05, 0.1) is 5.02 Å². The highest BCUT2D eigenvalue weighted by atomic mass is 35.5. The van der Waals surface area contributed by atoms with Gasteiger partial charge in [0.15, 0.2) is 0 Å². The molecule has 0 spiro atoms. The molecule has 15 heavy (non-hydrogen) atoms. The molecule has 0 aliphatic rings. The first-order valence-electron chi connectivity index (χ1n) is 5.09. The summed E-state index contributed by atoms with van der Waals surface area (Å²) in [7, 11) is 0. The summed E-state index contributed by atoms with van der Waals surface area (Å²) in [5.74, 6) is 0. The van der Waals surface area contributed by atoms with E-state index in [1.165, 1.54) is 11.3 Å². The van der Waals surface area contributed by atoms with Crippen LogP contribution >= 0.6 is 23.2 Å². The van der Waals surface area contributed by atoms with Crippen LogP contribution in [-0.4, -0.2) is 4.98 Å². The Morgan fingerprint density at radius 1 is 1.27 bits per heavy atom. The van der Waals surface area contributed by atoms with E-state index < -0.39 is 0 Å². The highest BCUT2D eigenvalue weighted by Gasteiger charge is 2.11. The molecule has 0 aliphatic heterocycles. The van der Waals surface area contributed by atoms with Crippen LogP contribution in [0.3, 0.4) is 0 Å². The van der Waals surface area contributed by atoms with E-state index in [1.54, 1.807) is 6.07 Å². The average Bonchev–Trinajstić information content (AvgIpc) is 2.43. The molecule has 0 aliphatic carbocycles. The number of rotatable bonds is 2. The van der Waals surface area contributed by atoms with Gasteiger partial charge in [0.2, 0.25) is 0 Å². The van der Waals surface area contributed by atoms with Crippen molar-refractivity contribution in [3.05, 3.63) is 33.4 Å². The van der Waals surface area contributed by atoms with Crippen LogP contribution in [0.1, 0.15) is 24.6 Å². The molecule has 0 radical (unpaired) electrons. The van der Waals surface area contributed by atoms with Crippen molar-refractivity contribution in [3.8, 4) is 0 Å². The zero-order chi connectivity index (χ0) is 11.0. The van der Waals surface area contributed by atoms with Gasteiger partial charge in [0.1, 0.15) is 0 Å². The summed E-state index contributed by atoms with van der Waals surface area (Å²) in [4.78, 5) is 3.32. The third-order valence-electron chi connectivity index (χ3n) is 2.63. The summed E-state index contributed by atoms with van der Waals surface area (Å²) >= 11 is 12.2. The number of H-pyrrole nitrogens is 1. The Labute approximate surface area is 99.4 Å². The van der Waals surface area contributed by atoms with E-state index in [2.05, 4.69) is 18.8 Å². The number of nitrogens with one attached hydrogen (secondary N) is 1. The van der Waals surface area contributed by atoms with E-state index in [4.69, 9.17) is 23.2 Å². The van der Waals surface area contributed by atoms with Gasteiger partial charge < -0.3 is 4.98 Å². The van der Waals surface area contributed by atoms with Gasteiger partial charge in [0, 0.05) is 21.6 Å². The second-order valence-electron chi connectivity index (χ2n) is 3.79. The molecule has 1 aromatic carbocycles. The van der Waals surface area contributed by atoms with Gasteiger partial charge in [-0.1, -0.05) is 36.5 Å². The van der Waals surface area contributed by atoms with E-state index in [9.17, 15) is 0 Å². The van der Waals surface area contributed by atoms with Crippen LogP contribution in [-0.2, 0) is 6.42 Å². The van der Waals surface area contributed by atoms with Crippen molar-refractivity contribution in [3.63, 3.8) is 0 Å². The number of aryl methyl sites for hydroxylation is 2. The predicted octanol–water partition coefficient (Wildman–Crippen LogP) is 4.74. The van der Waals surface area contributed by atoms with Crippen molar-refractivity contribution < 1.29 is 0 Å². The lowest BCUT2D eigenvalue weighted by Gasteiger charge is -2.00. The zero-order valence-electron chi connectivity index (χ0n) is 8.82. The Morgan fingerprint density at radius 3 is 2.67 bits per heavy atom. The summed E-state index contributed by atoms with van der Waals surface area (Å²) < 4.78 is 0. The molecule has 0 fully saturated rings. The fraction of sp³-hybridized carbons (Fsp3) is 0.333. The van der Waals surface area contributed by atoms with E-state index in [0.29, 0.717) is 5.02 Å². The molecule has 0 saturated heterocycles. The van der Waals surface area contributed by atoms with Crippen LogP contribution < -0.4 is 0 Å². The number of benzene rings is 1. The monoisotopic (exact) mass is 241 g/mol. The van der Waals surface area contributed by atoms with E-state index in [1.807, 2.05) is 6.07 Å². The summed E-state index contributed by atoms with van der Waals surface area (Å²) in [6.45, 7) is 4.25. The number of hydrogen-bond acceptors (Lipinski definition) is 0. The Kier molecular flexibility index (Phi) is 2.94. The van der Waals surface area contributed by atoms with Crippen molar-refractivity contribution in [1.29, 1.82) is 0 Å². The molecular formula is C12H13Cl2N. The number of halogens is 2. The normalized spacial score (nSPS) is 11.2. The number of aromatic amines is 1. The minimum atomic E-state index is 0.678. The minimum Gasteiger partial charge on any atom is -0.358 e. The van der Waals surface area contributed by atoms with Crippen LogP contribution in [0.4, 0.5) is 0 Å². The molecule has 2 aromatic rings.